The van der Waals surface area contributed by atoms with Crippen molar-refractivity contribution in [1.82, 2.24) is 5.32 Å². The van der Waals surface area contributed by atoms with Gasteiger partial charge in [-0.25, -0.2) is 0 Å². The molecule has 4 unspecified atom stereocenters. The Hall–Kier alpha value is -0.610. The Balaban J connectivity index is 4.12. The largest absolute Gasteiger partial charge is 0.396 e. The van der Waals surface area contributed by atoms with E-state index in [1.165, 1.54) is 0 Å². The lowest BCUT2D eigenvalue weighted by Gasteiger charge is -2.23. The first-order chi connectivity index (χ1) is 6.93. The zero-order valence-corrected chi connectivity index (χ0v) is 10.2. The number of nitrogens with one attached hydrogen (secondary N) is 1. The van der Waals surface area contributed by atoms with Crippen molar-refractivity contribution >= 4 is 5.91 Å². The van der Waals surface area contributed by atoms with Crippen LogP contribution >= 0.6 is 0 Å². The van der Waals surface area contributed by atoms with E-state index in [9.17, 15) is 4.79 Å². The molecule has 0 aliphatic carbocycles. The van der Waals surface area contributed by atoms with E-state index in [4.69, 9.17) is 10.8 Å². The molecule has 0 aromatic heterocycles. The predicted molar refractivity (Wildman–Crippen MR) is 61.3 cm³/mol. The van der Waals surface area contributed by atoms with E-state index in [-0.39, 0.29) is 30.4 Å². The number of aliphatic hydroxyl groups excluding tert-OH is 1. The van der Waals surface area contributed by atoms with Gasteiger partial charge in [0.05, 0.1) is 6.04 Å². The third kappa shape index (κ3) is 4.62. The van der Waals surface area contributed by atoms with Crippen molar-refractivity contribution in [2.75, 3.05) is 6.61 Å². The molecule has 0 rings (SSSR count). The van der Waals surface area contributed by atoms with Crippen LogP contribution in [0.25, 0.3) is 0 Å². The lowest BCUT2D eigenvalue weighted by atomic mass is 9.98. The average Bonchev–Trinajstić information content (AvgIpc) is 2.25. The highest BCUT2D eigenvalue weighted by molar-refractivity contribution is 5.82. The van der Waals surface area contributed by atoms with Gasteiger partial charge in [0.2, 0.25) is 5.91 Å². The van der Waals surface area contributed by atoms with Crippen molar-refractivity contribution in [2.45, 2.75) is 46.2 Å². The first-order valence-corrected chi connectivity index (χ1v) is 5.60. The van der Waals surface area contributed by atoms with Gasteiger partial charge in [0.1, 0.15) is 0 Å². The molecule has 0 fully saturated rings. The Kier molecular flexibility index (Phi) is 6.52. The summed E-state index contributed by atoms with van der Waals surface area (Å²) in [6, 6.07) is -0.499. The molecule has 0 spiro atoms. The summed E-state index contributed by atoms with van der Waals surface area (Å²) in [7, 11) is 0. The van der Waals surface area contributed by atoms with E-state index in [2.05, 4.69) is 5.32 Å². The van der Waals surface area contributed by atoms with E-state index in [1.54, 1.807) is 0 Å². The molecule has 4 nitrogen and oxygen atoms in total. The van der Waals surface area contributed by atoms with E-state index in [0.717, 1.165) is 6.42 Å². The van der Waals surface area contributed by atoms with Crippen molar-refractivity contribution < 1.29 is 9.90 Å². The molecule has 0 saturated carbocycles. The molecule has 0 bridgehead atoms. The van der Waals surface area contributed by atoms with Crippen LogP contribution in [0.3, 0.4) is 0 Å². The number of amides is 1. The van der Waals surface area contributed by atoms with Crippen molar-refractivity contribution in [3.63, 3.8) is 0 Å². The topological polar surface area (TPSA) is 75.4 Å². The smallest absolute Gasteiger partial charge is 0.237 e. The minimum absolute atomic E-state index is 0.0439. The molecule has 0 heterocycles. The minimum Gasteiger partial charge on any atom is -0.396 e. The molecule has 0 aliphatic rings. The number of hydrogen-bond donors (Lipinski definition) is 3. The second-order valence-corrected chi connectivity index (χ2v) is 4.37. The van der Waals surface area contributed by atoms with Crippen LogP contribution in [0.5, 0.6) is 0 Å². The number of hydrogen-bond acceptors (Lipinski definition) is 3. The fourth-order valence-electron chi connectivity index (χ4n) is 1.13. The van der Waals surface area contributed by atoms with Gasteiger partial charge in [0, 0.05) is 12.6 Å². The normalized spacial score (nSPS) is 19.1. The quantitative estimate of drug-likeness (QED) is 0.605. The van der Waals surface area contributed by atoms with Crippen LogP contribution in [-0.4, -0.2) is 29.7 Å². The van der Waals surface area contributed by atoms with E-state index < -0.39 is 6.04 Å². The van der Waals surface area contributed by atoms with Crippen molar-refractivity contribution in [1.29, 1.82) is 0 Å². The molecule has 4 atom stereocenters. The third-order valence-electron chi connectivity index (χ3n) is 3.07. The summed E-state index contributed by atoms with van der Waals surface area (Å²) >= 11 is 0. The van der Waals surface area contributed by atoms with Gasteiger partial charge in [-0.05, 0) is 18.8 Å². The molecule has 4 N–H and O–H groups in total. The van der Waals surface area contributed by atoms with Crippen LogP contribution in [0, 0.1) is 11.8 Å². The molecular formula is C11H24N2O2. The van der Waals surface area contributed by atoms with Crippen molar-refractivity contribution in [3.05, 3.63) is 0 Å². The fraction of sp³-hybridized carbons (Fsp3) is 0.909. The second kappa shape index (κ2) is 6.80. The van der Waals surface area contributed by atoms with Gasteiger partial charge in [-0.1, -0.05) is 27.2 Å². The molecule has 0 radical (unpaired) electrons. The first-order valence-electron chi connectivity index (χ1n) is 5.60. The number of carbonyl (C=O) groups excluding carboxylic acids is 1. The lowest BCUT2D eigenvalue weighted by molar-refractivity contribution is -0.124. The second-order valence-electron chi connectivity index (χ2n) is 4.37. The summed E-state index contributed by atoms with van der Waals surface area (Å²) in [5, 5.41) is 11.8. The van der Waals surface area contributed by atoms with Crippen molar-refractivity contribution in [2.24, 2.45) is 17.6 Å². The Morgan fingerprint density at radius 3 is 2.27 bits per heavy atom. The number of nitrogens with two attached hydrogens (primary N) is 1. The van der Waals surface area contributed by atoms with Gasteiger partial charge in [-0.15, -0.1) is 0 Å². The molecule has 1 amide bonds. The summed E-state index contributed by atoms with van der Waals surface area (Å²) < 4.78 is 0. The van der Waals surface area contributed by atoms with Crippen LogP contribution in [-0.2, 0) is 4.79 Å². The number of rotatable bonds is 6. The highest BCUT2D eigenvalue weighted by Crippen LogP contribution is 2.07. The van der Waals surface area contributed by atoms with Crippen LogP contribution in [0.1, 0.15) is 34.1 Å². The SMILES string of the molecule is CCC(C)C(N)C(=O)NC(C)C(C)CO. The molecule has 0 saturated heterocycles. The summed E-state index contributed by atoms with van der Waals surface area (Å²) in [5.41, 5.74) is 5.79. The van der Waals surface area contributed by atoms with Crippen LogP contribution < -0.4 is 11.1 Å². The maximum atomic E-state index is 11.7. The molecule has 0 aliphatic heterocycles. The lowest BCUT2D eigenvalue weighted by Crippen LogP contribution is -2.49. The maximum Gasteiger partial charge on any atom is 0.237 e. The molecule has 90 valence electrons. The van der Waals surface area contributed by atoms with E-state index in [1.807, 2.05) is 27.7 Å². The van der Waals surface area contributed by atoms with Gasteiger partial charge in [0.25, 0.3) is 0 Å². The maximum absolute atomic E-state index is 11.7. The van der Waals surface area contributed by atoms with Gasteiger partial charge < -0.3 is 16.2 Å². The monoisotopic (exact) mass is 216 g/mol. The molecule has 0 aromatic rings. The van der Waals surface area contributed by atoms with Gasteiger partial charge in [-0.3, -0.25) is 4.79 Å². The number of aliphatic hydroxyl groups is 1. The summed E-state index contributed by atoms with van der Waals surface area (Å²) in [4.78, 5) is 11.7. The van der Waals surface area contributed by atoms with E-state index >= 15 is 0 Å². The molecule has 4 heteroatoms. The number of carbonyl (C=O) groups is 1. The average molecular weight is 216 g/mol. The van der Waals surface area contributed by atoms with Crippen molar-refractivity contribution in [3.8, 4) is 0 Å². The van der Waals surface area contributed by atoms with Gasteiger partial charge >= 0.3 is 0 Å². The fourth-order valence-corrected chi connectivity index (χ4v) is 1.13. The Bertz CT molecular complexity index is 197. The Morgan fingerprint density at radius 1 is 1.33 bits per heavy atom. The van der Waals surface area contributed by atoms with Gasteiger partial charge in [-0.2, -0.15) is 0 Å². The molecular weight excluding hydrogens is 192 g/mol. The standard InChI is InChI=1S/C11H24N2O2/c1-5-7(2)10(12)11(15)13-9(4)8(3)6-14/h7-10,14H,5-6,12H2,1-4H3,(H,13,15). The third-order valence-corrected chi connectivity index (χ3v) is 3.07. The zero-order valence-electron chi connectivity index (χ0n) is 10.2. The summed E-state index contributed by atoms with van der Waals surface area (Å²) in [5.74, 6) is 0.108. The van der Waals surface area contributed by atoms with E-state index in [0.29, 0.717) is 0 Å². The molecule has 0 aromatic carbocycles. The summed E-state index contributed by atoms with van der Waals surface area (Å²) in [6.45, 7) is 7.81. The van der Waals surface area contributed by atoms with Gasteiger partial charge in [0.15, 0.2) is 0 Å². The Morgan fingerprint density at radius 2 is 1.87 bits per heavy atom. The van der Waals surface area contributed by atoms with Crippen LogP contribution in [0.2, 0.25) is 0 Å². The predicted octanol–water partition coefficient (Wildman–Crippen LogP) is 0.493. The Labute approximate surface area is 92.2 Å². The molecule has 15 heavy (non-hydrogen) atoms. The van der Waals surface area contributed by atoms with Crippen LogP contribution in [0.4, 0.5) is 0 Å². The van der Waals surface area contributed by atoms with Crippen LogP contribution in [0.15, 0.2) is 0 Å². The summed E-state index contributed by atoms with van der Waals surface area (Å²) in [6.07, 6.45) is 0.887. The first kappa shape index (κ1) is 14.4. The minimum atomic E-state index is -0.455. The zero-order chi connectivity index (χ0) is 12.0. The highest BCUT2D eigenvalue weighted by Gasteiger charge is 2.22. The highest BCUT2D eigenvalue weighted by atomic mass is 16.3.